The number of rotatable bonds is 15. The Hall–Kier alpha value is -5.75. The molecule has 59 heavy (non-hydrogen) atoms. The summed E-state index contributed by atoms with van der Waals surface area (Å²) in [6.45, 7) is 10.6. The normalized spacial score (nSPS) is 7.47. The van der Waals surface area contributed by atoms with Gasteiger partial charge in [-0.2, -0.15) is 0 Å². The molecule has 0 aliphatic carbocycles. The summed E-state index contributed by atoms with van der Waals surface area (Å²) >= 11 is 0. The van der Waals surface area contributed by atoms with E-state index in [1.54, 1.807) is 20.8 Å². The van der Waals surface area contributed by atoms with Gasteiger partial charge in [-0.25, -0.2) is 0 Å². The number of unbranched alkanes of at least 4 members (excludes halogenated alkanes) is 2. The van der Waals surface area contributed by atoms with E-state index in [-0.39, 0.29) is 58.0 Å². The predicted molar refractivity (Wildman–Crippen MR) is 234 cm³/mol. The molecule has 11 heteroatoms. The largest absolute Gasteiger partial charge is 0.481 e. The van der Waals surface area contributed by atoms with Gasteiger partial charge in [0.25, 0.3) is 0 Å². The van der Waals surface area contributed by atoms with Crippen LogP contribution >= 0.6 is 0 Å². The molecule has 0 saturated heterocycles. The molecule has 0 aromatic carbocycles. The standard InChI is InChI=1S/C12H14O4.C11H14O3.C8H10O2.C7H12O.C5H8O.C5H8/c1-2-12(15)16-10-8-6-4-3-5-7-9-11(13)14;1-2-11(13)14-10-8-6-4-3-5-7-9-12;9-7-5-3-1-2-4-6-8-10;1-2-3-4-5-6-7-8;1-2-3-4-5-6;1-3-5-4-2/h2,7-10H2,1H3,(H,13,14);12H,2,7-10H2,1H3;9-10H,5-8H2;8H,2-3,6-7H2,1H3;6H,4-5H2,1H3;1H,4-5H2,2H3. The maximum absolute atomic E-state index is 10.7. The minimum Gasteiger partial charge on any atom is -0.481 e. The highest BCUT2D eigenvalue weighted by Gasteiger charge is 1.95. The topological polar surface area (TPSA) is 191 Å². The van der Waals surface area contributed by atoms with Crippen molar-refractivity contribution in [2.45, 2.75) is 131 Å². The number of carboxylic acid groups (broad SMARTS) is 1. The fourth-order valence-corrected chi connectivity index (χ4v) is 2.30. The molecule has 0 rings (SSSR count). The van der Waals surface area contributed by atoms with Crippen LogP contribution in [-0.4, -0.2) is 94.8 Å². The molecule has 0 amide bonds. The predicted octanol–water partition coefficient (Wildman–Crippen LogP) is 4.66. The van der Waals surface area contributed by atoms with Crippen molar-refractivity contribution in [1.29, 1.82) is 0 Å². The maximum Gasteiger partial charge on any atom is 0.305 e. The van der Waals surface area contributed by atoms with E-state index in [0.717, 1.165) is 25.7 Å². The zero-order chi connectivity index (χ0) is 45.7. The van der Waals surface area contributed by atoms with Crippen LogP contribution < -0.4 is 0 Å². The number of carbonyl (C=O) groups excluding carboxylic acids is 2. The van der Waals surface area contributed by atoms with Crippen molar-refractivity contribution in [3.05, 3.63) is 0 Å². The molecule has 0 atom stereocenters. The summed E-state index contributed by atoms with van der Waals surface area (Å²) in [4.78, 5) is 31.5. The van der Waals surface area contributed by atoms with E-state index < -0.39 is 5.97 Å². The van der Waals surface area contributed by atoms with Crippen LogP contribution in [0.4, 0.5) is 0 Å². The van der Waals surface area contributed by atoms with Gasteiger partial charge in [0.15, 0.2) is 0 Å². The highest BCUT2D eigenvalue weighted by atomic mass is 16.5. The minimum absolute atomic E-state index is 0.0305. The van der Waals surface area contributed by atoms with Gasteiger partial charge < -0.3 is 40.1 Å². The number of hydrogen-bond donors (Lipinski definition) is 6. The third-order valence-corrected chi connectivity index (χ3v) is 4.99. The molecule has 6 N–H and O–H groups in total. The lowest BCUT2D eigenvalue weighted by atomic mass is 10.3. The Morgan fingerprint density at radius 1 is 0.458 bits per heavy atom. The smallest absolute Gasteiger partial charge is 0.305 e. The van der Waals surface area contributed by atoms with Crippen molar-refractivity contribution in [2.75, 3.05) is 46.2 Å². The lowest BCUT2D eigenvalue weighted by Crippen LogP contribution is -2.02. The zero-order valence-electron chi connectivity index (χ0n) is 35.9. The van der Waals surface area contributed by atoms with Gasteiger partial charge >= 0.3 is 17.9 Å². The number of aliphatic hydroxyl groups is 5. The molecule has 0 unspecified atom stereocenters. The van der Waals surface area contributed by atoms with Gasteiger partial charge in [-0.1, -0.05) is 63.2 Å². The Balaban J connectivity index is -0.000000149. The van der Waals surface area contributed by atoms with Crippen LogP contribution in [0.1, 0.15) is 131 Å². The number of aliphatic hydroxyl groups excluding tert-OH is 5. The van der Waals surface area contributed by atoms with Crippen molar-refractivity contribution in [3.63, 3.8) is 0 Å². The second-order valence-corrected chi connectivity index (χ2v) is 10.2. The van der Waals surface area contributed by atoms with E-state index in [0.29, 0.717) is 70.8 Å². The number of hydrogen-bond acceptors (Lipinski definition) is 10. The Labute approximate surface area is 355 Å². The number of terminal acetylenes is 1. The average molecular weight is 819 g/mol. The first-order chi connectivity index (χ1) is 28.6. The second-order valence-electron chi connectivity index (χ2n) is 10.2. The lowest BCUT2D eigenvalue weighted by molar-refractivity contribution is -0.143. The first-order valence-corrected chi connectivity index (χ1v) is 19.4. The molecule has 0 aromatic heterocycles. The average Bonchev–Trinajstić information content (AvgIpc) is 3.24. The Morgan fingerprint density at radius 3 is 1.05 bits per heavy atom. The number of carbonyl (C=O) groups is 3. The van der Waals surface area contributed by atoms with Crippen LogP contribution in [0.3, 0.4) is 0 Å². The van der Waals surface area contributed by atoms with Crippen LogP contribution in [-0.2, 0) is 23.9 Å². The van der Waals surface area contributed by atoms with E-state index in [9.17, 15) is 14.4 Å². The lowest BCUT2D eigenvalue weighted by Gasteiger charge is -1.97. The number of ether oxygens (including phenoxy) is 2. The van der Waals surface area contributed by atoms with Crippen LogP contribution in [0, 0.1) is 107 Å². The van der Waals surface area contributed by atoms with Crippen LogP contribution in [0.2, 0.25) is 0 Å². The van der Waals surface area contributed by atoms with E-state index in [4.69, 9.17) is 46.5 Å². The van der Waals surface area contributed by atoms with E-state index in [1.165, 1.54) is 0 Å². The van der Waals surface area contributed by atoms with Gasteiger partial charge in [0.2, 0.25) is 0 Å². The van der Waals surface area contributed by atoms with Crippen molar-refractivity contribution in [3.8, 4) is 107 Å². The number of esters is 2. The Bertz CT molecular complexity index is 1530. The highest BCUT2D eigenvalue weighted by Crippen LogP contribution is 1.88. The van der Waals surface area contributed by atoms with Crippen LogP contribution in [0.15, 0.2) is 0 Å². The monoisotopic (exact) mass is 818 g/mol. The van der Waals surface area contributed by atoms with Crippen molar-refractivity contribution < 1.29 is 54.5 Å². The van der Waals surface area contributed by atoms with Gasteiger partial charge in [-0.15, -0.1) is 36.0 Å². The summed E-state index contributed by atoms with van der Waals surface area (Å²) in [5, 5.41) is 49.6. The SMILES string of the molecule is C#CCCC.CC#CCCO.CCC(=O)OCCC#CC#CCCC(=O)O.CCC(=O)OCCC#CC#CCCO.CCCC#CCCO.OCCC#CC#CCCO. The molecule has 0 aliphatic rings. The maximum atomic E-state index is 10.7. The summed E-state index contributed by atoms with van der Waals surface area (Å²) < 4.78 is 9.57. The Kier molecular flexibility index (Phi) is 77.4. The van der Waals surface area contributed by atoms with E-state index in [2.05, 4.69) is 114 Å². The molecular weight excluding hydrogens is 753 g/mol. The van der Waals surface area contributed by atoms with Crippen molar-refractivity contribution in [2.24, 2.45) is 0 Å². The summed E-state index contributed by atoms with van der Waals surface area (Å²) in [6.07, 6.45) is 13.6. The summed E-state index contributed by atoms with van der Waals surface area (Å²) in [7, 11) is 0. The third kappa shape index (κ3) is 95.1. The fraction of sp³-hybridized carbons (Fsp3) is 0.562. The molecule has 0 bridgehead atoms. The molecular formula is C48H66O11. The highest BCUT2D eigenvalue weighted by molar-refractivity contribution is 5.69. The third-order valence-electron chi connectivity index (χ3n) is 4.99. The van der Waals surface area contributed by atoms with Crippen LogP contribution in [0.25, 0.3) is 0 Å². The molecule has 324 valence electrons. The fourth-order valence-electron chi connectivity index (χ4n) is 2.30. The quantitative estimate of drug-likeness (QED) is 0.0766. The molecule has 11 nitrogen and oxygen atoms in total. The molecule has 0 spiro atoms. The summed E-state index contributed by atoms with van der Waals surface area (Å²) in [6, 6.07) is 0. The summed E-state index contributed by atoms with van der Waals surface area (Å²) in [5.41, 5.74) is 0. The second kappa shape index (κ2) is 70.1. The van der Waals surface area contributed by atoms with Gasteiger partial charge in [-0.05, 0) is 55.3 Å². The van der Waals surface area contributed by atoms with Gasteiger partial charge in [0.05, 0.1) is 39.5 Å². The van der Waals surface area contributed by atoms with Crippen LogP contribution in [0.5, 0.6) is 0 Å². The molecule has 0 heterocycles. The summed E-state index contributed by atoms with van der Waals surface area (Å²) in [5.74, 6) is 43.7. The first kappa shape index (κ1) is 65.1. The number of carboxylic acids is 1. The first-order valence-electron chi connectivity index (χ1n) is 19.4. The minimum atomic E-state index is -0.867. The molecule has 0 saturated carbocycles. The van der Waals surface area contributed by atoms with Gasteiger partial charge in [0, 0.05) is 77.0 Å². The molecule has 0 radical (unpaired) electrons. The molecule has 0 fully saturated rings. The van der Waals surface area contributed by atoms with Gasteiger partial charge in [0.1, 0.15) is 13.2 Å². The molecule has 0 aliphatic heterocycles. The van der Waals surface area contributed by atoms with E-state index >= 15 is 0 Å². The molecule has 0 aromatic rings. The van der Waals surface area contributed by atoms with Crippen molar-refractivity contribution >= 4 is 17.9 Å². The zero-order valence-corrected chi connectivity index (χ0v) is 35.9. The Morgan fingerprint density at radius 2 is 0.780 bits per heavy atom. The van der Waals surface area contributed by atoms with Crippen molar-refractivity contribution in [1.82, 2.24) is 0 Å². The number of aliphatic carboxylic acids is 1. The van der Waals surface area contributed by atoms with E-state index in [1.807, 2.05) is 0 Å². The van der Waals surface area contributed by atoms with Gasteiger partial charge in [-0.3, -0.25) is 14.4 Å².